The van der Waals surface area contributed by atoms with Crippen LogP contribution in [-0.2, 0) is 19.6 Å². The van der Waals surface area contributed by atoms with Gasteiger partial charge in [-0.1, -0.05) is 52.0 Å². The minimum Gasteiger partial charge on any atom is -0.289 e. The van der Waals surface area contributed by atoms with Gasteiger partial charge < -0.3 is 0 Å². The van der Waals surface area contributed by atoms with Crippen LogP contribution in [-0.4, -0.2) is 11.9 Å². The van der Waals surface area contributed by atoms with Crippen molar-refractivity contribution in [1.29, 1.82) is 0 Å². The Morgan fingerprint density at radius 2 is 1.03 bits per heavy atom. The van der Waals surface area contributed by atoms with Crippen LogP contribution in [0.3, 0.4) is 0 Å². The third kappa shape index (κ3) is 6.69. The smallest absolute Gasteiger partial charge is 0.289 e. The lowest BCUT2D eigenvalue weighted by Crippen LogP contribution is -2.15. The number of hydrogen-bond donors (Lipinski definition) is 0. The molecular formula is C23H26O6. The van der Waals surface area contributed by atoms with Gasteiger partial charge in [0.15, 0.2) is 0 Å². The van der Waals surface area contributed by atoms with Crippen molar-refractivity contribution in [1.82, 2.24) is 0 Å². The molecule has 0 heterocycles. The summed E-state index contributed by atoms with van der Waals surface area (Å²) in [5, 5.41) is 0. The average Bonchev–Trinajstić information content (AvgIpc) is 2.73. The molecule has 6 heteroatoms. The quantitative estimate of drug-likeness (QED) is 0.409. The van der Waals surface area contributed by atoms with E-state index in [4.69, 9.17) is 19.6 Å². The predicted molar refractivity (Wildman–Crippen MR) is 107 cm³/mol. The summed E-state index contributed by atoms with van der Waals surface area (Å²) in [4.78, 5) is 43.2. The van der Waals surface area contributed by atoms with Crippen molar-refractivity contribution in [3.05, 3.63) is 84.0 Å². The lowest BCUT2D eigenvalue weighted by atomic mass is 10.0. The fraction of sp³-hybridized carbons (Fsp3) is 0.304. The van der Waals surface area contributed by atoms with Crippen molar-refractivity contribution in [2.45, 2.75) is 46.0 Å². The number of benzene rings is 2. The number of rotatable bonds is 9. The molecule has 0 saturated carbocycles. The van der Waals surface area contributed by atoms with Crippen molar-refractivity contribution in [2.75, 3.05) is 0 Å². The Bertz CT molecular complexity index is 726. The van der Waals surface area contributed by atoms with Crippen LogP contribution < -0.4 is 0 Å². The maximum absolute atomic E-state index is 12.0. The van der Waals surface area contributed by atoms with E-state index in [1.807, 2.05) is 24.3 Å². The molecule has 2 radical (unpaired) electrons. The van der Waals surface area contributed by atoms with Crippen molar-refractivity contribution in [2.24, 2.45) is 0 Å². The second-order valence-corrected chi connectivity index (χ2v) is 7.08. The van der Waals surface area contributed by atoms with E-state index in [2.05, 4.69) is 34.6 Å². The van der Waals surface area contributed by atoms with Gasteiger partial charge in [0, 0.05) is 6.42 Å². The molecule has 0 bridgehead atoms. The van der Waals surface area contributed by atoms with Crippen LogP contribution in [0.4, 0.5) is 0 Å². The third-order valence-corrected chi connectivity index (χ3v) is 4.25. The van der Waals surface area contributed by atoms with Crippen molar-refractivity contribution in [3.8, 4) is 0 Å². The van der Waals surface area contributed by atoms with E-state index in [1.54, 1.807) is 24.3 Å². The SMILES string of the molecule is [CH2]C[C](OOC(=O)c1ccc(C(C)C)cc1)OOC(=O)c1ccc(C(C)C)cc1. The Morgan fingerprint density at radius 1 is 0.690 bits per heavy atom. The van der Waals surface area contributed by atoms with E-state index in [-0.39, 0.29) is 12.7 Å². The molecule has 0 atom stereocenters. The molecule has 0 N–H and O–H groups in total. The lowest BCUT2D eigenvalue weighted by Gasteiger charge is -2.12. The Labute approximate surface area is 171 Å². The van der Waals surface area contributed by atoms with Crippen molar-refractivity contribution >= 4 is 11.9 Å². The summed E-state index contributed by atoms with van der Waals surface area (Å²) in [6.07, 6.45) is -0.289. The molecular weight excluding hydrogens is 372 g/mol. The van der Waals surface area contributed by atoms with Crippen LogP contribution in [0.25, 0.3) is 0 Å². The summed E-state index contributed by atoms with van der Waals surface area (Å²) in [7, 11) is 0. The Kier molecular flexibility index (Phi) is 8.36. The molecule has 29 heavy (non-hydrogen) atoms. The van der Waals surface area contributed by atoms with Gasteiger partial charge in [-0.15, -0.1) is 9.78 Å². The van der Waals surface area contributed by atoms with Gasteiger partial charge in [0.2, 0.25) is 0 Å². The zero-order valence-electron chi connectivity index (χ0n) is 17.1. The summed E-state index contributed by atoms with van der Waals surface area (Å²) < 4.78 is 0. The van der Waals surface area contributed by atoms with Crippen LogP contribution in [0.1, 0.15) is 77.8 Å². The minimum atomic E-state index is -0.703. The summed E-state index contributed by atoms with van der Waals surface area (Å²) in [5.41, 5.74) is 2.84. The van der Waals surface area contributed by atoms with E-state index in [9.17, 15) is 9.59 Å². The van der Waals surface area contributed by atoms with Crippen molar-refractivity contribution < 1.29 is 29.1 Å². The number of carbonyl (C=O) groups excluding carboxylic acids is 2. The van der Waals surface area contributed by atoms with Gasteiger partial charge in [-0.2, -0.15) is 0 Å². The first-order valence-corrected chi connectivity index (χ1v) is 9.44. The third-order valence-electron chi connectivity index (χ3n) is 4.25. The van der Waals surface area contributed by atoms with Gasteiger partial charge in [-0.25, -0.2) is 9.59 Å². The zero-order valence-corrected chi connectivity index (χ0v) is 17.1. The summed E-state index contributed by atoms with van der Waals surface area (Å²) in [6.45, 7) is 11.8. The molecule has 0 aromatic heterocycles. The number of hydrogen-bond acceptors (Lipinski definition) is 6. The van der Waals surface area contributed by atoms with Crippen LogP contribution in [0.5, 0.6) is 0 Å². The van der Waals surface area contributed by atoms with Crippen molar-refractivity contribution in [3.63, 3.8) is 0 Å². The van der Waals surface area contributed by atoms with Gasteiger partial charge in [-0.05, 0) is 54.2 Å². The fourth-order valence-corrected chi connectivity index (χ4v) is 2.37. The van der Waals surface area contributed by atoms with Crippen LogP contribution in [0, 0.1) is 13.2 Å². The monoisotopic (exact) mass is 398 g/mol. The van der Waals surface area contributed by atoms with Gasteiger partial charge in [0.25, 0.3) is 0 Å². The van der Waals surface area contributed by atoms with E-state index in [1.165, 1.54) is 0 Å². The molecule has 0 amide bonds. The largest absolute Gasteiger partial charge is 0.373 e. The summed E-state index contributed by atoms with van der Waals surface area (Å²) in [6, 6.07) is 14.0. The van der Waals surface area contributed by atoms with Gasteiger partial charge in [0.1, 0.15) is 0 Å². The maximum atomic E-state index is 12.0. The molecule has 2 aromatic rings. The van der Waals surface area contributed by atoms with E-state index in [0.717, 1.165) is 11.1 Å². The van der Waals surface area contributed by atoms with Gasteiger partial charge in [-0.3, -0.25) is 9.78 Å². The first-order valence-electron chi connectivity index (χ1n) is 9.44. The van der Waals surface area contributed by atoms with Crippen LogP contribution in [0.15, 0.2) is 48.5 Å². The van der Waals surface area contributed by atoms with E-state index < -0.39 is 11.9 Å². The molecule has 154 valence electrons. The Morgan fingerprint density at radius 3 is 1.31 bits per heavy atom. The minimum absolute atomic E-state index is 0.0286. The maximum Gasteiger partial charge on any atom is 0.373 e. The number of carbonyl (C=O) groups is 2. The zero-order chi connectivity index (χ0) is 21.4. The molecule has 0 spiro atoms. The molecule has 0 aliphatic rings. The van der Waals surface area contributed by atoms with E-state index >= 15 is 0 Å². The predicted octanol–water partition coefficient (Wildman–Crippen LogP) is 5.52. The highest BCUT2D eigenvalue weighted by Gasteiger charge is 2.20. The topological polar surface area (TPSA) is 71.1 Å². The molecule has 0 aliphatic carbocycles. The van der Waals surface area contributed by atoms with E-state index in [0.29, 0.717) is 23.0 Å². The Balaban J connectivity index is 1.83. The molecule has 0 saturated heterocycles. The molecule has 6 nitrogen and oxygen atoms in total. The van der Waals surface area contributed by atoms with Crippen LogP contribution >= 0.6 is 0 Å². The Hall–Kier alpha value is -2.70. The second-order valence-electron chi connectivity index (χ2n) is 7.08. The molecule has 0 aliphatic heterocycles. The highest BCUT2D eigenvalue weighted by atomic mass is 17.3. The average molecular weight is 398 g/mol. The first-order chi connectivity index (χ1) is 13.8. The standard InChI is InChI=1S/C23H26O6/c1-6-21(26-28-22(24)19-11-7-17(8-12-19)15(2)3)27-29-23(25)20-13-9-18(10-14-20)16(4)5/h7-16H,1,6H2,2-5H3. The first kappa shape index (κ1) is 22.6. The molecule has 2 rings (SSSR count). The van der Waals surface area contributed by atoms with Gasteiger partial charge in [0.05, 0.1) is 11.1 Å². The lowest BCUT2D eigenvalue weighted by molar-refractivity contribution is -0.362. The second kappa shape index (κ2) is 10.7. The highest BCUT2D eigenvalue weighted by molar-refractivity contribution is 5.89. The van der Waals surface area contributed by atoms with Gasteiger partial charge >= 0.3 is 18.2 Å². The molecule has 2 aromatic carbocycles. The highest BCUT2D eigenvalue weighted by Crippen LogP contribution is 2.18. The summed E-state index contributed by atoms with van der Waals surface area (Å²) >= 11 is 0. The van der Waals surface area contributed by atoms with Crippen LogP contribution in [0.2, 0.25) is 0 Å². The summed E-state index contributed by atoms with van der Waals surface area (Å²) in [5.74, 6) is -0.699. The molecule has 0 unspecified atom stereocenters. The molecule has 0 fully saturated rings. The fourth-order valence-electron chi connectivity index (χ4n) is 2.37. The normalized spacial score (nSPS) is 11.2.